The van der Waals surface area contributed by atoms with E-state index in [0.717, 1.165) is 5.69 Å². The van der Waals surface area contributed by atoms with E-state index in [0.29, 0.717) is 5.12 Å². The third kappa shape index (κ3) is 10.1. The molecular weight excluding hydrogens is 275 g/mol. The standard InChI is InChI=1S/C13H13N.C2H6FN.2C2H6/c1-10-8-11(2)13(14-9-10)12-6-4-3-5-7-12;1-4(2)3;2*1-2/h3-9H,1-2H3;1-2H3;2*1-2H3. The largest absolute Gasteiger partial charge is 0.256 e. The van der Waals surface area contributed by atoms with E-state index in [2.05, 4.69) is 37.0 Å². The third-order valence-corrected chi connectivity index (χ3v) is 2.26. The van der Waals surface area contributed by atoms with Gasteiger partial charge in [-0.2, -0.15) is 5.12 Å². The van der Waals surface area contributed by atoms with Gasteiger partial charge in [0.25, 0.3) is 0 Å². The summed E-state index contributed by atoms with van der Waals surface area (Å²) in [4.78, 5) is 4.45. The van der Waals surface area contributed by atoms with Crippen LogP contribution >= 0.6 is 0 Å². The highest BCUT2D eigenvalue weighted by molar-refractivity contribution is 5.62. The second-order valence-electron chi connectivity index (χ2n) is 4.33. The average Bonchev–Trinajstić information content (AvgIpc) is 2.52. The van der Waals surface area contributed by atoms with E-state index < -0.39 is 0 Å². The Labute approximate surface area is 136 Å². The Kier molecular flexibility index (Phi) is 14.6. The number of pyridine rings is 1. The SMILES string of the molecule is CC.CC.CN(C)F.Cc1cnc(-c2ccccc2)c(C)c1. The van der Waals surface area contributed by atoms with Crippen LogP contribution in [0.2, 0.25) is 0 Å². The van der Waals surface area contributed by atoms with Crippen molar-refractivity contribution in [2.45, 2.75) is 41.5 Å². The maximum Gasteiger partial charge on any atom is 0.0731 e. The Bertz CT molecular complexity index is 479. The van der Waals surface area contributed by atoms with Gasteiger partial charge < -0.3 is 0 Å². The molecular formula is C19H31FN2. The predicted molar refractivity (Wildman–Crippen MR) is 96.6 cm³/mol. The molecule has 3 heteroatoms. The Morgan fingerprint density at radius 2 is 1.36 bits per heavy atom. The topological polar surface area (TPSA) is 16.1 Å². The van der Waals surface area contributed by atoms with Gasteiger partial charge in [0, 0.05) is 25.9 Å². The molecule has 1 aromatic carbocycles. The molecule has 0 saturated carbocycles. The molecule has 0 spiro atoms. The Balaban J connectivity index is 0. The number of halogens is 1. The maximum atomic E-state index is 10.8. The van der Waals surface area contributed by atoms with Gasteiger partial charge in [-0.05, 0) is 25.0 Å². The van der Waals surface area contributed by atoms with E-state index >= 15 is 0 Å². The zero-order chi connectivity index (χ0) is 17.5. The molecule has 0 atom stereocenters. The Morgan fingerprint density at radius 3 is 1.77 bits per heavy atom. The summed E-state index contributed by atoms with van der Waals surface area (Å²) < 4.78 is 10.8. The smallest absolute Gasteiger partial charge is 0.0731 e. The molecule has 2 aromatic rings. The monoisotopic (exact) mass is 306 g/mol. The van der Waals surface area contributed by atoms with Crippen LogP contribution in [-0.2, 0) is 0 Å². The summed E-state index contributed by atoms with van der Waals surface area (Å²) in [5, 5.41) is 0.500. The minimum absolute atomic E-state index is 0.500. The number of aromatic nitrogens is 1. The maximum absolute atomic E-state index is 10.8. The first-order chi connectivity index (χ1) is 10.5. The molecule has 0 aliphatic rings. The summed E-state index contributed by atoms with van der Waals surface area (Å²) in [6.45, 7) is 12.2. The first-order valence-corrected chi connectivity index (χ1v) is 7.82. The van der Waals surface area contributed by atoms with Crippen molar-refractivity contribution < 1.29 is 4.48 Å². The van der Waals surface area contributed by atoms with E-state index in [9.17, 15) is 4.48 Å². The van der Waals surface area contributed by atoms with Crippen molar-refractivity contribution >= 4 is 0 Å². The lowest BCUT2D eigenvalue weighted by Gasteiger charge is -2.05. The fraction of sp³-hybridized carbons (Fsp3) is 0.421. The lowest BCUT2D eigenvalue weighted by molar-refractivity contribution is 0.0977. The highest BCUT2D eigenvalue weighted by Gasteiger charge is 2.01. The van der Waals surface area contributed by atoms with Crippen molar-refractivity contribution in [2.75, 3.05) is 14.1 Å². The van der Waals surface area contributed by atoms with Gasteiger partial charge >= 0.3 is 0 Å². The lowest BCUT2D eigenvalue weighted by atomic mass is 10.1. The Hall–Kier alpha value is -1.74. The highest BCUT2D eigenvalue weighted by atomic mass is 19.2. The van der Waals surface area contributed by atoms with E-state index in [4.69, 9.17) is 0 Å². The summed E-state index contributed by atoms with van der Waals surface area (Å²) in [5.41, 5.74) is 4.71. The van der Waals surface area contributed by atoms with Gasteiger partial charge in [0.2, 0.25) is 0 Å². The predicted octanol–water partition coefficient (Wildman–Crippen LogP) is 5.85. The van der Waals surface area contributed by atoms with Crippen LogP contribution in [0.5, 0.6) is 0 Å². The number of hydrogen-bond acceptors (Lipinski definition) is 2. The molecule has 124 valence electrons. The summed E-state index contributed by atoms with van der Waals surface area (Å²) in [6.07, 6.45) is 1.91. The van der Waals surface area contributed by atoms with E-state index in [1.165, 1.54) is 30.8 Å². The van der Waals surface area contributed by atoms with Crippen molar-refractivity contribution in [3.8, 4) is 11.3 Å². The van der Waals surface area contributed by atoms with Crippen LogP contribution in [0, 0.1) is 13.8 Å². The van der Waals surface area contributed by atoms with Gasteiger partial charge in [-0.25, -0.2) is 0 Å². The van der Waals surface area contributed by atoms with Gasteiger partial charge in [0.05, 0.1) is 5.69 Å². The second kappa shape index (κ2) is 14.2. The van der Waals surface area contributed by atoms with Gasteiger partial charge in [0.15, 0.2) is 0 Å². The number of hydrogen-bond donors (Lipinski definition) is 0. The lowest BCUT2D eigenvalue weighted by Crippen LogP contribution is -1.91. The van der Waals surface area contributed by atoms with Crippen molar-refractivity contribution in [3.05, 3.63) is 53.7 Å². The molecule has 1 aromatic heterocycles. The molecule has 0 aliphatic carbocycles. The molecule has 0 aliphatic heterocycles. The Morgan fingerprint density at radius 1 is 0.909 bits per heavy atom. The number of benzene rings is 1. The van der Waals surface area contributed by atoms with Crippen LogP contribution in [0.3, 0.4) is 0 Å². The highest BCUT2D eigenvalue weighted by Crippen LogP contribution is 2.20. The van der Waals surface area contributed by atoms with Crippen LogP contribution in [0.25, 0.3) is 11.3 Å². The molecule has 22 heavy (non-hydrogen) atoms. The number of aryl methyl sites for hydroxylation is 2. The molecule has 0 amide bonds. The summed E-state index contributed by atoms with van der Waals surface area (Å²) in [5.74, 6) is 0. The van der Waals surface area contributed by atoms with Crippen molar-refractivity contribution in [3.63, 3.8) is 0 Å². The fourth-order valence-corrected chi connectivity index (χ4v) is 1.61. The van der Waals surface area contributed by atoms with Crippen LogP contribution in [0.1, 0.15) is 38.8 Å². The first-order valence-electron chi connectivity index (χ1n) is 7.82. The van der Waals surface area contributed by atoms with Crippen molar-refractivity contribution in [1.82, 2.24) is 10.1 Å². The normalized spacial score (nSPS) is 8.64. The average molecular weight is 306 g/mol. The van der Waals surface area contributed by atoms with Crippen molar-refractivity contribution in [1.29, 1.82) is 0 Å². The summed E-state index contributed by atoms with van der Waals surface area (Å²) in [6, 6.07) is 12.4. The van der Waals surface area contributed by atoms with Crippen LogP contribution in [-0.4, -0.2) is 24.2 Å². The molecule has 1 heterocycles. The third-order valence-electron chi connectivity index (χ3n) is 2.26. The van der Waals surface area contributed by atoms with Crippen molar-refractivity contribution in [2.24, 2.45) is 0 Å². The fourth-order valence-electron chi connectivity index (χ4n) is 1.61. The molecule has 0 N–H and O–H groups in total. The number of rotatable bonds is 1. The molecule has 2 nitrogen and oxygen atoms in total. The van der Waals surface area contributed by atoms with E-state index in [1.54, 1.807) is 0 Å². The molecule has 0 unspecified atom stereocenters. The molecule has 0 fully saturated rings. The zero-order valence-corrected chi connectivity index (χ0v) is 15.3. The molecule has 0 radical (unpaired) electrons. The van der Waals surface area contributed by atoms with Crippen LogP contribution in [0.15, 0.2) is 42.6 Å². The van der Waals surface area contributed by atoms with Gasteiger partial charge in [0.1, 0.15) is 0 Å². The van der Waals surface area contributed by atoms with E-state index in [1.807, 2.05) is 52.1 Å². The minimum Gasteiger partial charge on any atom is -0.256 e. The van der Waals surface area contributed by atoms with Gasteiger partial charge in [-0.3, -0.25) is 4.98 Å². The summed E-state index contributed by atoms with van der Waals surface area (Å²) >= 11 is 0. The summed E-state index contributed by atoms with van der Waals surface area (Å²) in [7, 11) is 2.67. The molecule has 0 saturated heterocycles. The zero-order valence-electron chi connectivity index (χ0n) is 15.3. The van der Waals surface area contributed by atoms with E-state index in [-0.39, 0.29) is 0 Å². The number of nitrogens with zero attached hydrogens (tertiary/aromatic N) is 2. The second-order valence-corrected chi connectivity index (χ2v) is 4.33. The minimum atomic E-state index is 0.500. The van der Waals surface area contributed by atoms with Crippen LogP contribution < -0.4 is 0 Å². The quantitative estimate of drug-likeness (QED) is 0.614. The van der Waals surface area contributed by atoms with Gasteiger partial charge in [-0.15, -0.1) is 4.48 Å². The van der Waals surface area contributed by atoms with Crippen LogP contribution in [0.4, 0.5) is 4.48 Å². The van der Waals surface area contributed by atoms with Gasteiger partial charge in [-0.1, -0.05) is 64.1 Å². The molecule has 2 rings (SSSR count). The molecule has 0 bridgehead atoms. The first kappa shape index (κ1) is 22.5.